The summed E-state index contributed by atoms with van der Waals surface area (Å²) in [5.74, 6) is 2.76. The third-order valence-corrected chi connectivity index (χ3v) is 4.27. The highest BCUT2D eigenvalue weighted by molar-refractivity contribution is 7.09. The zero-order valence-electron chi connectivity index (χ0n) is 13.2. The second-order valence-electron chi connectivity index (χ2n) is 5.29. The minimum Gasteiger partial charge on any atom is -0.373 e. The molecule has 1 unspecified atom stereocenters. The molecule has 0 radical (unpaired) electrons. The maximum absolute atomic E-state index is 4.68. The van der Waals surface area contributed by atoms with Crippen LogP contribution in [0.2, 0.25) is 0 Å². The molecule has 0 saturated heterocycles. The number of aromatic nitrogens is 2. The predicted octanol–water partition coefficient (Wildman–Crippen LogP) is 3.88. The minimum absolute atomic E-state index is 0.344. The first-order valence-corrected chi connectivity index (χ1v) is 8.36. The van der Waals surface area contributed by atoms with E-state index in [9.17, 15) is 0 Å². The zero-order valence-corrected chi connectivity index (χ0v) is 14.0. The molecule has 0 aromatic carbocycles. The van der Waals surface area contributed by atoms with Crippen LogP contribution in [-0.2, 0) is 12.8 Å². The van der Waals surface area contributed by atoms with Crippen molar-refractivity contribution in [2.24, 2.45) is 0 Å². The Hall–Kier alpha value is -1.62. The molecule has 0 bridgehead atoms. The highest BCUT2D eigenvalue weighted by Gasteiger charge is 2.12. The summed E-state index contributed by atoms with van der Waals surface area (Å²) in [6.45, 7) is 6.40. The molecular weight excluding hydrogens is 280 g/mol. The molecule has 0 spiro atoms. The van der Waals surface area contributed by atoms with Crippen molar-refractivity contribution in [2.75, 3.05) is 17.7 Å². The molecule has 2 N–H and O–H groups in total. The molecule has 114 valence electrons. The van der Waals surface area contributed by atoms with Gasteiger partial charge in [-0.15, -0.1) is 11.3 Å². The van der Waals surface area contributed by atoms with Crippen LogP contribution in [0.3, 0.4) is 0 Å². The lowest BCUT2D eigenvalue weighted by Gasteiger charge is -2.18. The van der Waals surface area contributed by atoms with Crippen LogP contribution in [-0.4, -0.2) is 23.1 Å². The van der Waals surface area contributed by atoms with Gasteiger partial charge in [0.15, 0.2) is 0 Å². The van der Waals surface area contributed by atoms with Gasteiger partial charge < -0.3 is 10.6 Å². The van der Waals surface area contributed by atoms with E-state index in [-0.39, 0.29) is 0 Å². The van der Waals surface area contributed by atoms with E-state index in [2.05, 4.69) is 58.9 Å². The van der Waals surface area contributed by atoms with Crippen molar-refractivity contribution < 1.29 is 0 Å². The predicted molar refractivity (Wildman–Crippen MR) is 91.4 cm³/mol. The van der Waals surface area contributed by atoms with Crippen LogP contribution >= 0.6 is 11.3 Å². The summed E-state index contributed by atoms with van der Waals surface area (Å²) >= 11 is 1.80. The summed E-state index contributed by atoms with van der Waals surface area (Å²) in [6.07, 6.45) is 2.97. The van der Waals surface area contributed by atoms with Crippen molar-refractivity contribution in [1.82, 2.24) is 9.97 Å². The zero-order chi connectivity index (χ0) is 15.2. The Morgan fingerprint density at radius 1 is 1.29 bits per heavy atom. The average Bonchev–Trinajstić information content (AvgIpc) is 2.95. The molecule has 5 heteroatoms. The summed E-state index contributed by atoms with van der Waals surface area (Å²) in [5.41, 5.74) is 1.08. The Balaban J connectivity index is 2.15. The monoisotopic (exact) mass is 304 g/mol. The van der Waals surface area contributed by atoms with Crippen LogP contribution < -0.4 is 10.6 Å². The van der Waals surface area contributed by atoms with Gasteiger partial charge in [0.1, 0.15) is 17.5 Å². The van der Waals surface area contributed by atoms with Gasteiger partial charge in [0.25, 0.3) is 0 Å². The summed E-state index contributed by atoms with van der Waals surface area (Å²) < 4.78 is 0. The number of hydrogen-bond donors (Lipinski definition) is 2. The molecule has 0 fully saturated rings. The van der Waals surface area contributed by atoms with Crippen molar-refractivity contribution in [1.29, 1.82) is 0 Å². The lowest BCUT2D eigenvalue weighted by Crippen LogP contribution is -2.20. The maximum atomic E-state index is 4.68. The minimum atomic E-state index is 0.344. The number of nitrogens with one attached hydrogen (secondary N) is 2. The second kappa shape index (κ2) is 7.41. The summed E-state index contributed by atoms with van der Waals surface area (Å²) in [7, 11) is 1.91. The van der Waals surface area contributed by atoms with Crippen LogP contribution in [0.5, 0.6) is 0 Å². The lowest BCUT2D eigenvalue weighted by molar-refractivity contribution is 0.779. The fourth-order valence-corrected chi connectivity index (χ4v) is 3.13. The summed E-state index contributed by atoms with van der Waals surface area (Å²) in [6, 6.07) is 4.62. The molecule has 4 nitrogen and oxygen atoms in total. The number of nitrogens with zero attached hydrogens (tertiary/aromatic N) is 2. The number of thiophene rings is 1. The van der Waals surface area contributed by atoms with E-state index >= 15 is 0 Å². The fraction of sp³-hybridized carbons (Fsp3) is 0.500. The third kappa shape index (κ3) is 4.17. The Labute approximate surface area is 131 Å². The van der Waals surface area contributed by atoms with Crippen LogP contribution in [0.4, 0.5) is 11.6 Å². The van der Waals surface area contributed by atoms with Crippen LogP contribution in [0.25, 0.3) is 0 Å². The van der Waals surface area contributed by atoms with E-state index in [0.717, 1.165) is 42.3 Å². The number of rotatable bonds is 7. The van der Waals surface area contributed by atoms with Gasteiger partial charge in [-0.25, -0.2) is 9.97 Å². The first-order valence-electron chi connectivity index (χ1n) is 7.48. The SMILES string of the molecule is CCCc1nc(NC)c(C)c(NC(C)Cc2cccs2)n1. The normalized spacial score (nSPS) is 12.2. The van der Waals surface area contributed by atoms with Crippen LogP contribution in [0.15, 0.2) is 17.5 Å². The molecular formula is C16H24N4S. The Kier molecular flexibility index (Phi) is 5.56. The van der Waals surface area contributed by atoms with Crippen molar-refractivity contribution in [3.05, 3.63) is 33.8 Å². The molecule has 0 amide bonds. The smallest absolute Gasteiger partial charge is 0.134 e. The first kappa shape index (κ1) is 15.8. The number of aryl methyl sites for hydroxylation is 1. The average molecular weight is 304 g/mol. The molecule has 2 aromatic heterocycles. The Bertz CT molecular complexity index is 566. The molecule has 2 rings (SSSR count). The van der Waals surface area contributed by atoms with Crippen molar-refractivity contribution >= 4 is 23.0 Å². The van der Waals surface area contributed by atoms with Crippen LogP contribution in [0, 0.1) is 6.92 Å². The molecule has 0 aliphatic carbocycles. The van der Waals surface area contributed by atoms with Gasteiger partial charge in [-0.2, -0.15) is 0 Å². The first-order chi connectivity index (χ1) is 10.1. The lowest BCUT2D eigenvalue weighted by atomic mass is 10.2. The Morgan fingerprint density at radius 3 is 2.67 bits per heavy atom. The number of hydrogen-bond acceptors (Lipinski definition) is 5. The van der Waals surface area contributed by atoms with Gasteiger partial charge in [0.05, 0.1) is 0 Å². The van der Waals surface area contributed by atoms with Gasteiger partial charge in [-0.05, 0) is 31.7 Å². The topological polar surface area (TPSA) is 49.8 Å². The third-order valence-electron chi connectivity index (χ3n) is 3.37. The molecule has 2 aromatic rings. The van der Waals surface area contributed by atoms with E-state index in [1.54, 1.807) is 11.3 Å². The molecule has 0 aliphatic heterocycles. The maximum Gasteiger partial charge on any atom is 0.134 e. The summed E-state index contributed by atoms with van der Waals surface area (Å²) in [5, 5.41) is 8.82. The van der Waals surface area contributed by atoms with E-state index < -0.39 is 0 Å². The largest absolute Gasteiger partial charge is 0.373 e. The Morgan fingerprint density at radius 2 is 2.05 bits per heavy atom. The van der Waals surface area contributed by atoms with Crippen molar-refractivity contribution in [2.45, 2.75) is 46.1 Å². The van der Waals surface area contributed by atoms with Gasteiger partial charge >= 0.3 is 0 Å². The van der Waals surface area contributed by atoms with Gasteiger partial charge in [0.2, 0.25) is 0 Å². The van der Waals surface area contributed by atoms with Gasteiger partial charge in [0, 0.05) is 36.4 Å². The van der Waals surface area contributed by atoms with E-state index in [1.165, 1.54) is 4.88 Å². The van der Waals surface area contributed by atoms with E-state index in [1.807, 2.05) is 7.05 Å². The number of anilines is 2. The fourth-order valence-electron chi connectivity index (χ4n) is 2.30. The molecule has 21 heavy (non-hydrogen) atoms. The molecule has 1 atom stereocenters. The summed E-state index contributed by atoms with van der Waals surface area (Å²) in [4.78, 5) is 10.6. The standard InChI is InChI=1S/C16H24N4S/c1-5-7-14-19-15(17-4)12(3)16(20-14)18-11(2)10-13-8-6-9-21-13/h6,8-9,11H,5,7,10H2,1-4H3,(H2,17,18,19,20). The van der Waals surface area contributed by atoms with Crippen molar-refractivity contribution in [3.8, 4) is 0 Å². The second-order valence-corrected chi connectivity index (χ2v) is 6.32. The van der Waals surface area contributed by atoms with Crippen molar-refractivity contribution in [3.63, 3.8) is 0 Å². The molecule has 0 saturated carbocycles. The van der Waals surface area contributed by atoms with Gasteiger partial charge in [-0.3, -0.25) is 0 Å². The molecule has 2 heterocycles. The van der Waals surface area contributed by atoms with E-state index in [4.69, 9.17) is 0 Å². The van der Waals surface area contributed by atoms with E-state index in [0.29, 0.717) is 6.04 Å². The molecule has 0 aliphatic rings. The highest BCUT2D eigenvalue weighted by atomic mass is 32.1. The highest BCUT2D eigenvalue weighted by Crippen LogP contribution is 2.22. The van der Waals surface area contributed by atoms with Gasteiger partial charge in [-0.1, -0.05) is 13.0 Å². The quantitative estimate of drug-likeness (QED) is 0.815. The van der Waals surface area contributed by atoms with Crippen LogP contribution in [0.1, 0.15) is 36.5 Å².